The molecule has 0 unspecified atom stereocenters. The van der Waals surface area contributed by atoms with Gasteiger partial charge in [0.15, 0.2) is 5.76 Å². The van der Waals surface area contributed by atoms with Crippen molar-refractivity contribution >= 4 is 28.7 Å². The second kappa shape index (κ2) is 7.90. The number of hydrogen-bond donors (Lipinski definition) is 2. The third-order valence-corrected chi connectivity index (χ3v) is 5.88. The van der Waals surface area contributed by atoms with Gasteiger partial charge in [0.2, 0.25) is 0 Å². The van der Waals surface area contributed by atoms with E-state index in [-0.39, 0.29) is 5.56 Å². The molecule has 0 radical (unpaired) electrons. The third-order valence-electron chi connectivity index (χ3n) is 5.88. The van der Waals surface area contributed by atoms with Gasteiger partial charge in [-0.15, -0.1) is 0 Å². The number of carbonyl (C=O) groups excluding carboxylic acids is 3. The lowest BCUT2D eigenvalue weighted by molar-refractivity contribution is -0.133. The molecular weight excluding hydrogens is 420 g/mol. The van der Waals surface area contributed by atoms with E-state index in [0.29, 0.717) is 28.6 Å². The Balaban J connectivity index is 1.44. The van der Waals surface area contributed by atoms with E-state index in [9.17, 15) is 14.4 Å². The monoisotopic (exact) mass is 440 g/mol. The van der Waals surface area contributed by atoms with Crippen molar-refractivity contribution in [3.05, 3.63) is 90.0 Å². The number of hydrogen-bond acceptors (Lipinski definition) is 5. The molecule has 1 saturated heterocycles. The molecule has 33 heavy (non-hydrogen) atoms. The standard InChI is InChI=1S/C25H20N4O4/c1-2-25(18-11-7-4-8-12-18)23(31)29(24(32)26-25)27-22(30)17-13-14-20-19(15-17)21(33-28-20)16-9-5-3-6-10-16/h3-15H,2H2,1H3,(H,26,32)(H,27,30)/t25-/m0/s1. The van der Waals surface area contributed by atoms with Crippen molar-refractivity contribution < 1.29 is 18.9 Å². The second-order valence-electron chi connectivity index (χ2n) is 7.75. The van der Waals surface area contributed by atoms with Crippen LogP contribution in [-0.4, -0.2) is 28.0 Å². The summed E-state index contributed by atoms with van der Waals surface area (Å²) >= 11 is 0. The van der Waals surface area contributed by atoms with Gasteiger partial charge in [0, 0.05) is 11.1 Å². The predicted molar refractivity (Wildman–Crippen MR) is 121 cm³/mol. The Hall–Kier alpha value is -4.46. The van der Waals surface area contributed by atoms with Crippen LogP contribution in [0.2, 0.25) is 0 Å². The Labute approximate surface area is 189 Å². The fourth-order valence-corrected chi connectivity index (χ4v) is 4.09. The zero-order chi connectivity index (χ0) is 23.0. The number of carbonyl (C=O) groups is 3. The number of hydrazine groups is 1. The van der Waals surface area contributed by atoms with E-state index in [4.69, 9.17) is 4.52 Å². The molecule has 2 N–H and O–H groups in total. The highest BCUT2D eigenvalue weighted by Gasteiger charge is 2.52. The lowest BCUT2D eigenvalue weighted by Crippen LogP contribution is -2.48. The van der Waals surface area contributed by atoms with Crippen LogP contribution < -0.4 is 10.7 Å². The largest absolute Gasteiger partial charge is 0.355 e. The quantitative estimate of drug-likeness (QED) is 0.457. The zero-order valence-electron chi connectivity index (χ0n) is 17.7. The topological polar surface area (TPSA) is 105 Å². The van der Waals surface area contributed by atoms with Gasteiger partial charge in [-0.1, -0.05) is 72.7 Å². The normalized spacial score (nSPS) is 17.9. The van der Waals surface area contributed by atoms with Crippen LogP contribution in [0.3, 0.4) is 0 Å². The van der Waals surface area contributed by atoms with Crippen molar-refractivity contribution in [2.75, 3.05) is 0 Å². The smallest absolute Gasteiger partial charge is 0.344 e. The van der Waals surface area contributed by atoms with Crippen molar-refractivity contribution in [1.29, 1.82) is 0 Å². The molecule has 1 aliphatic rings. The summed E-state index contributed by atoms with van der Waals surface area (Å²) < 4.78 is 5.48. The number of imide groups is 1. The van der Waals surface area contributed by atoms with Gasteiger partial charge in [-0.25, -0.2) is 4.79 Å². The Bertz CT molecular complexity index is 1370. The van der Waals surface area contributed by atoms with Crippen molar-refractivity contribution in [2.45, 2.75) is 18.9 Å². The van der Waals surface area contributed by atoms with Gasteiger partial charge in [0.25, 0.3) is 11.8 Å². The molecule has 3 aromatic carbocycles. The van der Waals surface area contributed by atoms with Gasteiger partial charge < -0.3 is 9.84 Å². The minimum Gasteiger partial charge on any atom is -0.355 e. The summed E-state index contributed by atoms with van der Waals surface area (Å²) in [6.07, 6.45) is 0.334. The summed E-state index contributed by atoms with van der Waals surface area (Å²) in [5.74, 6) is -0.601. The van der Waals surface area contributed by atoms with Crippen molar-refractivity contribution in [2.24, 2.45) is 0 Å². The first-order valence-electron chi connectivity index (χ1n) is 10.5. The first-order valence-corrected chi connectivity index (χ1v) is 10.5. The lowest BCUT2D eigenvalue weighted by atomic mass is 9.87. The van der Waals surface area contributed by atoms with Gasteiger partial charge in [-0.3, -0.25) is 15.0 Å². The number of nitrogens with one attached hydrogen (secondary N) is 2. The molecule has 164 valence electrons. The van der Waals surface area contributed by atoms with Crippen LogP contribution in [0.5, 0.6) is 0 Å². The summed E-state index contributed by atoms with van der Waals surface area (Å²) in [6, 6.07) is 22.6. The van der Waals surface area contributed by atoms with Crippen LogP contribution in [-0.2, 0) is 10.3 Å². The number of rotatable bonds is 5. The Morgan fingerprint density at radius 2 is 1.73 bits per heavy atom. The van der Waals surface area contributed by atoms with E-state index in [1.165, 1.54) is 0 Å². The fourth-order valence-electron chi connectivity index (χ4n) is 4.09. The second-order valence-corrected chi connectivity index (χ2v) is 7.75. The summed E-state index contributed by atoms with van der Waals surface area (Å²) in [5, 5.41) is 8.19. The van der Waals surface area contributed by atoms with Crippen molar-refractivity contribution in [3.8, 4) is 11.3 Å². The van der Waals surface area contributed by atoms with E-state index in [0.717, 1.165) is 10.6 Å². The predicted octanol–water partition coefficient (Wildman–Crippen LogP) is 4.00. The van der Waals surface area contributed by atoms with Crippen LogP contribution in [0.4, 0.5) is 4.79 Å². The SMILES string of the molecule is CC[C@@]1(c2ccccc2)NC(=O)N(NC(=O)c2ccc3noc(-c4ccccc4)c3c2)C1=O. The van der Waals surface area contributed by atoms with Crippen LogP contribution in [0.25, 0.3) is 22.2 Å². The van der Waals surface area contributed by atoms with Crippen LogP contribution in [0.15, 0.2) is 83.4 Å². The zero-order valence-corrected chi connectivity index (χ0v) is 17.7. The molecule has 0 aliphatic carbocycles. The van der Waals surface area contributed by atoms with E-state index >= 15 is 0 Å². The average molecular weight is 440 g/mol. The maximum Gasteiger partial charge on any atom is 0.344 e. The molecule has 8 heteroatoms. The fraction of sp³-hybridized carbons (Fsp3) is 0.120. The molecule has 0 spiro atoms. The number of nitrogens with zero attached hydrogens (tertiary/aromatic N) is 2. The van der Waals surface area contributed by atoms with Gasteiger partial charge in [0.1, 0.15) is 11.1 Å². The van der Waals surface area contributed by atoms with Gasteiger partial charge >= 0.3 is 6.03 Å². The van der Waals surface area contributed by atoms with E-state index in [2.05, 4.69) is 15.9 Å². The maximum absolute atomic E-state index is 13.2. The molecule has 4 amide bonds. The molecule has 5 rings (SSSR count). The Kier molecular flexibility index (Phi) is 4.90. The molecule has 2 heterocycles. The Morgan fingerprint density at radius 1 is 1.03 bits per heavy atom. The van der Waals surface area contributed by atoms with E-state index in [1.807, 2.05) is 36.4 Å². The number of amides is 4. The van der Waals surface area contributed by atoms with Gasteiger partial charge in [-0.2, -0.15) is 5.01 Å². The summed E-state index contributed by atoms with van der Waals surface area (Å²) in [4.78, 5) is 38.9. The molecule has 1 aliphatic heterocycles. The number of urea groups is 1. The summed E-state index contributed by atoms with van der Waals surface area (Å²) in [5.41, 5.74) is 3.55. The molecule has 1 atom stereocenters. The van der Waals surface area contributed by atoms with Crippen molar-refractivity contribution in [1.82, 2.24) is 20.9 Å². The highest BCUT2D eigenvalue weighted by molar-refractivity contribution is 6.10. The van der Waals surface area contributed by atoms with Crippen LogP contribution in [0, 0.1) is 0 Å². The highest BCUT2D eigenvalue weighted by atomic mass is 16.5. The first-order chi connectivity index (χ1) is 16.0. The number of fused-ring (bicyclic) bond motifs is 1. The molecule has 1 aromatic heterocycles. The molecule has 8 nitrogen and oxygen atoms in total. The number of aromatic nitrogens is 1. The lowest BCUT2D eigenvalue weighted by Gasteiger charge is -2.25. The minimum atomic E-state index is -1.23. The van der Waals surface area contributed by atoms with Crippen molar-refractivity contribution in [3.63, 3.8) is 0 Å². The molecule has 0 bridgehead atoms. The molecule has 0 saturated carbocycles. The van der Waals surface area contributed by atoms with Gasteiger partial charge in [0.05, 0.1) is 5.39 Å². The number of benzene rings is 3. The van der Waals surface area contributed by atoms with Crippen LogP contribution >= 0.6 is 0 Å². The molecule has 1 fully saturated rings. The highest BCUT2D eigenvalue weighted by Crippen LogP contribution is 2.32. The van der Waals surface area contributed by atoms with E-state index in [1.54, 1.807) is 49.4 Å². The minimum absolute atomic E-state index is 0.261. The molecular formula is C25H20N4O4. The molecule has 4 aromatic rings. The Morgan fingerprint density at radius 3 is 2.42 bits per heavy atom. The summed E-state index contributed by atoms with van der Waals surface area (Å²) in [6.45, 7) is 1.81. The van der Waals surface area contributed by atoms with Gasteiger partial charge in [-0.05, 0) is 30.2 Å². The first kappa shape index (κ1) is 20.4. The maximum atomic E-state index is 13.2. The third kappa shape index (κ3) is 3.32. The van der Waals surface area contributed by atoms with E-state index < -0.39 is 23.4 Å². The average Bonchev–Trinajstić information content (AvgIpc) is 3.39. The van der Waals surface area contributed by atoms with Crippen LogP contribution in [0.1, 0.15) is 29.3 Å². The summed E-state index contributed by atoms with van der Waals surface area (Å²) in [7, 11) is 0.